The average molecular weight is 406 g/mol. The first-order chi connectivity index (χ1) is 14.4. The second-order valence-corrected chi connectivity index (χ2v) is 6.47. The van der Waals surface area contributed by atoms with Crippen LogP contribution in [0, 0.1) is 12.7 Å². The molecule has 0 spiro atoms. The quantitative estimate of drug-likeness (QED) is 0.602. The molecule has 3 rings (SSSR count). The molecule has 0 aromatic heterocycles. The second kappa shape index (κ2) is 9.47. The monoisotopic (exact) mass is 406 g/mol. The smallest absolute Gasteiger partial charge is 0.341 e. The lowest BCUT2D eigenvalue weighted by Gasteiger charge is -2.12. The fourth-order valence-corrected chi connectivity index (χ4v) is 2.73. The molecule has 0 radical (unpaired) electrons. The second-order valence-electron chi connectivity index (χ2n) is 6.47. The lowest BCUT2D eigenvalue weighted by Crippen LogP contribution is -2.23. The fraction of sp³-hybridized carbons (Fsp3) is 0.0870. The molecule has 0 heterocycles. The van der Waals surface area contributed by atoms with Gasteiger partial charge in [0.1, 0.15) is 5.82 Å². The largest absolute Gasteiger partial charge is 0.452 e. The summed E-state index contributed by atoms with van der Waals surface area (Å²) in [5.74, 6) is -2.75. The van der Waals surface area contributed by atoms with E-state index in [2.05, 4.69) is 10.6 Å². The summed E-state index contributed by atoms with van der Waals surface area (Å²) in [6, 6.07) is 19.1. The summed E-state index contributed by atoms with van der Waals surface area (Å²) < 4.78 is 18.5. The predicted octanol–water partition coefficient (Wildman–Crippen LogP) is 4.18. The maximum atomic E-state index is 13.6. The number of benzene rings is 3. The minimum Gasteiger partial charge on any atom is -0.452 e. The van der Waals surface area contributed by atoms with E-state index in [1.54, 1.807) is 30.3 Å². The lowest BCUT2D eigenvalue weighted by atomic mass is 10.1. The van der Waals surface area contributed by atoms with Crippen LogP contribution in [0.5, 0.6) is 0 Å². The van der Waals surface area contributed by atoms with E-state index in [0.29, 0.717) is 5.69 Å². The first-order valence-corrected chi connectivity index (χ1v) is 9.12. The Kier molecular flexibility index (Phi) is 6.54. The van der Waals surface area contributed by atoms with Gasteiger partial charge in [0.2, 0.25) is 0 Å². The van der Waals surface area contributed by atoms with E-state index in [1.807, 2.05) is 25.1 Å². The molecule has 6 nitrogen and oxygen atoms in total. The Morgan fingerprint density at radius 2 is 1.57 bits per heavy atom. The van der Waals surface area contributed by atoms with Gasteiger partial charge >= 0.3 is 5.97 Å². The molecule has 0 atom stereocenters. The van der Waals surface area contributed by atoms with Crippen LogP contribution in [-0.4, -0.2) is 24.4 Å². The van der Waals surface area contributed by atoms with Crippen LogP contribution in [-0.2, 0) is 9.53 Å². The number of halogens is 1. The zero-order chi connectivity index (χ0) is 21.5. The number of para-hydroxylation sites is 1. The summed E-state index contributed by atoms with van der Waals surface area (Å²) >= 11 is 0. The fourth-order valence-electron chi connectivity index (χ4n) is 2.73. The maximum absolute atomic E-state index is 13.6. The van der Waals surface area contributed by atoms with Crippen molar-refractivity contribution in [2.75, 3.05) is 17.2 Å². The van der Waals surface area contributed by atoms with Crippen LogP contribution in [0.3, 0.4) is 0 Å². The number of hydrogen-bond acceptors (Lipinski definition) is 4. The third-order valence-corrected chi connectivity index (χ3v) is 4.15. The zero-order valence-corrected chi connectivity index (χ0v) is 16.1. The molecular weight excluding hydrogens is 387 g/mol. The first-order valence-electron chi connectivity index (χ1n) is 9.12. The van der Waals surface area contributed by atoms with Crippen LogP contribution < -0.4 is 10.6 Å². The Balaban J connectivity index is 1.64. The number of carbonyl (C=O) groups excluding carboxylic acids is 3. The van der Waals surface area contributed by atoms with Crippen LogP contribution in [0.1, 0.15) is 26.3 Å². The highest BCUT2D eigenvalue weighted by Gasteiger charge is 2.16. The van der Waals surface area contributed by atoms with E-state index in [9.17, 15) is 18.8 Å². The summed E-state index contributed by atoms with van der Waals surface area (Å²) in [6.45, 7) is 1.29. The SMILES string of the molecule is Cc1cccc(NC(=O)c2ccccc2NC(=O)COC(=O)c2ccccc2F)c1. The lowest BCUT2D eigenvalue weighted by molar-refractivity contribution is -0.119. The molecule has 0 bridgehead atoms. The maximum Gasteiger partial charge on any atom is 0.341 e. The summed E-state index contributed by atoms with van der Waals surface area (Å²) in [4.78, 5) is 36.7. The van der Waals surface area contributed by atoms with E-state index in [0.717, 1.165) is 11.6 Å². The first kappa shape index (κ1) is 20.7. The van der Waals surface area contributed by atoms with Gasteiger partial charge in [0, 0.05) is 5.69 Å². The molecular formula is C23H19FN2O4. The van der Waals surface area contributed by atoms with E-state index in [-0.39, 0.29) is 16.8 Å². The van der Waals surface area contributed by atoms with Crippen molar-refractivity contribution < 1.29 is 23.5 Å². The number of amides is 2. The number of ether oxygens (including phenoxy) is 1. The van der Waals surface area contributed by atoms with Gasteiger partial charge < -0.3 is 15.4 Å². The molecule has 0 aliphatic rings. The van der Waals surface area contributed by atoms with Gasteiger partial charge in [-0.1, -0.05) is 36.4 Å². The molecule has 2 amide bonds. The minimum atomic E-state index is -0.950. The molecule has 7 heteroatoms. The van der Waals surface area contributed by atoms with E-state index in [1.165, 1.54) is 18.2 Å². The Morgan fingerprint density at radius 3 is 2.30 bits per heavy atom. The van der Waals surface area contributed by atoms with Gasteiger partial charge in [0.05, 0.1) is 16.8 Å². The molecule has 0 fully saturated rings. The van der Waals surface area contributed by atoms with Gasteiger partial charge in [0.25, 0.3) is 11.8 Å². The van der Waals surface area contributed by atoms with Crippen molar-refractivity contribution in [1.82, 2.24) is 0 Å². The number of rotatable bonds is 6. The Labute approximate surface area is 172 Å². The number of esters is 1. The van der Waals surface area contributed by atoms with Crippen molar-refractivity contribution in [3.05, 3.63) is 95.3 Å². The molecule has 2 N–H and O–H groups in total. The molecule has 152 valence electrons. The Morgan fingerprint density at radius 1 is 0.867 bits per heavy atom. The number of nitrogens with one attached hydrogen (secondary N) is 2. The molecule has 30 heavy (non-hydrogen) atoms. The van der Waals surface area contributed by atoms with Crippen LogP contribution in [0.25, 0.3) is 0 Å². The van der Waals surface area contributed by atoms with Crippen molar-refractivity contribution in [2.45, 2.75) is 6.92 Å². The normalized spacial score (nSPS) is 10.2. The van der Waals surface area contributed by atoms with Crippen molar-refractivity contribution in [3.63, 3.8) is 0 Å². The van der Waals surface area contributed by atoms with Gasteiger partial charge in [0.15, 0.2) is 6.61 Å². The van der Waals surface area contributed by atoms with Gasteiger partial charge in [-0.25, -0.2) is 9.18 Å². The standard InChI is InChI=1S/C23H19FN2O4/c1-15-7-6-8-16(13-15)25-22(28)18-10-3-5-12-20(18)26-21(27)14-30-23(29)17-9-2-4-11-19(17)24/h2-13H,14H2,1H3,(H,25,28)(H,26,27). The van der Waals surface area contributed by atoms with Gasteiger partial charge in [-0.2, -0.15) is 0 Å². The summed E-state index contributed by atoms with van der Waals surface area (Å²) in [5, 5.41) is 5.31. The van der Waals surface area contributed by atoms with Crippen LogP contribution in [0.15, 0.2) is 72.8 Å². The van der Waals surface area contributed by atoms with Gasteiger partial charge in [-0.05, 0) is 48.9 Å². The Bertz CT molecular complexity index is 1100. The third kappa shape index (κ3) is 5.29. The average Bonchev–Trinajstić information content (AvgIpc) is 2.73. The number of carbonyl (C=O) groups is 3. The van der Waals surface area contributed by atoms with Gasteiger partial charge in [-0.3, -0.25) is 9.59 Å². The summed E-state index contributed by atoms with van der Waals surface area (Å²) in [6.07, 6.45) is 0. The highest BCUT2D eigenvalue weighted by atomic mass is 19.1. The molecule has 0 aliphatic carbocycles. The summed E-state index contributed by atoms with van der Waals surface area (Å²) in [7, 11) is 0. The molecule has 3 aromatic rings. The Hall–Kier alpha value is -4.00. The molecule has 0 saturated carbocycles. The highest BCUT2D eigenvalue weighted by Crippen LogP contribution is 2.18. The van der Waals surface area contributed by atoms with Crippen molar-refractivity contribution in [1.29, 1.82) is 0 Å². The minimum absolute atomic E-state index is 0.243. The summed E-state index contributed by atoms with van der Waals surface area (Å²) in [5.41, 5.74) is 1.86. The van der Waals surface area contributed by atoms with E-state index >= 15 is 0 Å². The predicted molar refractivity (Wildman–Crippen MR) is 111 cm³/mol. The van der Waals surface area contributed by atoms with E-state index < -0.39 is 30.2 Å². The zero-order valence-electron chi connectivity index (χ0n) is 16.1. The molecule has 0 unspecified atom stereocenters. The van der Waals surface area contributed by atoms with Crippen molar-refractivity contribution >= 4 is 29.2 Å². The topological polar surface area (TPSA) is 84.5 Å². The molecule has 3 aromatic carbocycles. The molecule has 0 aliphatic heterocycles. The third-order valence-electron chi connectivity index (χ3n) is 4.15. The van der Waals surface area contributed by atoms with E-state index in [4.69, 9.17) is 4.74 Å². The number of anilines is 2. The van der Waals surface area contributed by atoms with Crippen molar-refractivity contribution in [3.8, 4) is 0 Å². The van der Waals surface area contributed by atoms with Gasteiger partial charge in [-0.15, -0.1) is 0 Å². The number of hydrogen-bond donors (Lipinski definition) is 2. The molecule has 0 saturated heterocycles. The van der Waals surface area contributed by atoms with Crippen LogP contribution in [0.4, 0.5) is 15.8 Å². The highest BCUT2D eigenvalue weighted by molar-refractivity contribution is 6.10. The number of aryl methyl sites for hydroxylation is 1. The van der Waals surface area contributed by atoms with Crippen molar-refractivity contribution in [2.24, 2.45) is 0 Å². The van der Waals surface area contributed by atoms with Crippen LogP contribution in [0.2, 0.25) is 0 Å². The van der Waals surface area contributed by atoms with Crippen LogP contribution >= 0.6 is 0 Å².